The molecule has 1 amide bonds. The maximum absolute atomic E-state index is 12.0. The highest BCUT2D eigenvalue weighted by Crippen LogP contribution is 2.18. The van der Waals surface area contributed by atoms with Crippen LogP contribution < -0.4 is 15.5 Å². The smallest absolute Gasteiger partial charge is 0.243 e. The molecule has 0 spiro atoms. The Morgan fingerprint density at radius 2 is 1.84 bits per heavy atom. The SMILES string of the molecule is Cc1cccc(N2CCC(NC(=NCC(=O)N(C)C)NCCc3ccccc3)CC2)n1.I. The molecule has 0 saturated carbocycles. The van der Waals surface area contributed by atoms with Crippen LogP contribution >= 0.6 is 24.0 Å². The Labute approximate surface area is 208 Å². The second-order valence-corrected chi connectivity index (χ2v) is 8.16. The minimum Gasteiger partial charge on any atom is -0.356 e. The first-order chi connectivity index (χ1) is 15.0. The minimum absolute atomic E-state index is 0. The fourth-order valence-corrected chi connectivity index (χ4v) is 3.56. The summed E-state index contributed by atoms with van der Waals surface area (Å²) in [5.74, 6) is 1.74. The lowest BCUT2D eigenvalue weighted by atomic mass is 10.1. The van der Waals surface area contributed by atoms with Crippen molar-refractivity contribution < 1.29 is 4.79 Å². The van der Waals surface area contributed by atoms with Gasteiger partial charge in [-0.05, 0) is 43.9 Å². The predicted octanol–water partition coefficient (Wildman–Crippen LogP) is 2.84. The maximum atomic E-state index is 12.0. The maximum Gasteiger partial charge on any atom is 0.243 e. The standard InChI is InChI=1S/C24H34N6O.HI/c1-19-8-7-11-22(27-19)30-16-13-21(14-17-30)28-24(26-18-23(31)29(2)3)25-15-12-20-9-5-4-6-10-20;/h4-11,21H,12-18H2,1-3H3,(H2,25,26,28);1H. The number of halogens is 1. The number of aryl methyl sites for hydroxylation is 1. The van der Waals surface area contributed by atoms with E-state index in [0.717, 1.165) is 50.4 Å². The summed E-state index contributed by atoms with van der Waals surface area (Å²) in [4.78, 5) is 25.1. The van der Waals surface area contributed by atoms with Gasteiger partial charge in [-0.2, -0.15) is 0 Å². The van der Waals surface area contributed by atoms with E-state index in [2.05, 4.69) is 61.9 Å². The van der Waals surface area contributed by atoms with Crippen molar-refractivity contribution in [2.45, 2.75) is 32.2 Å². The zero-order valence-corrected chi connectivity index (χ0v) is 21.6. The fourth-order valence-electron chi connectivity index (χ4n) is 3.56. The highest BCUT2D eigenvalue weighted by atomic mass is 127. The summed E-state index contributed by atoms with van der Waals surface area (Å²) in [5, 5.41) is 6.94. The van der Waals surface area contributed by atoms with Gasteiger partial charge in [0.15, 0.2) is 5.96 Å². The van der Waals surface area contributed by atoms with Crippen molar-refractivity contribution in [2.75, 3.05) is 45.2 Å². The number of likely N-dealkylation sites (N-methyl/N-ethyl adjacent to an activating group) is 1. The Morgan fingerprint density at radius 1 is 1.12 bits per heavy atom. The van der Waals surface area contributed by atoms with Gasteiger partial charge in [-0.25, -0.2) is 9.98 Å². The van der Waals surface area contributed by atoms with Gasteiger partial charge in [-0.3, -0.25) is 4.79 Å². The first-order valence-electron chi connectivity index (χ1n) is 11.0. The molecule has 7 nitrogen and oxygen atoms in total. The van der Waals surface area contributed by atoms with E-state index in [4.69, 9.17) is 0 Å². The molecule has 0 radical (unpaired) electrons. The second-order valence-electron chi connectivity index (χ2n) is 8.16. The number of nitrogens with one attached hydrogen (secondary N) is 2. The third-order valence-corrected chi connectivity index (χ3v) is 5.45. The summed E-state index contributed by atoms with van der Waals surface area (Å²) < 4.78 is 0. The van der Waals surface area contributed by atoms with Crippen LogP contribution in [0.3, 0.4) is 0 Å². The van der Waals surface area contributed by atoms with Crippen molar-refractivity contribution in [3.63, 3.8) is 0 Å². The van der Waals surface area contributed by atoms with Crippen molar-refractivity contribution in [3.05, 3.63) is 59.8 Å². The van der Waals surface area contributed by atoms with Crippen LogP contribution in [0.1, 0.15) is 24.1 Å². The number of piperidine rings is 1. The van der Waals surface area contributed by atoms with E-state index in [1.54, 1.807) is 19.0 Å². The molecule has 1 aromatic heterocycles. The Bertz CT molecular complexity index is 866. The lowest BCUT2D eigenvalue weighted by molar-refractivity contribution is -0.127. The number of hydrogen-bond donors (Lipinski definition) is 2. The first kappa shape index (κ1) is 25.9. The molecule has 8 heteroatoms. The van der Waals surface area contributed by atoms with Crippen LogP contribution in [-0.2, 0) is 11.2 Å². The molecule has 0 bridgehead atoms. The number of nitrogens with zero attached hydrogens (tertiary/aromatic N) is 4. The number of pyridine rings is 1. The van der Waals surface area contributed by atoms with Gasteiger partial charge in [0.25, 0.3) is 0 Å². The molecular weight excluding hydrogens is 515 g/mol. The molecule has 32 heavy (non-hydrogen) atoms. The zero-order valence-electron chi connectivity index (χ0n) is 19.3. The molecule has 0 aliphatic carbocycles. The number of carbonyl (C=O) groups excluding carboxylic acids is 1. The van der Waals surface area contributed by atoms with Crippen LogP contribution in [0.2, 0.25) is 0 Å². The summed E-state index contributed by atoms with van der Waals surface area (Å²) in [6.45, 7) is 4.82. The normalized spacial score (nSPS) is 14.5. The highest BCUT2D eigenvalue weighted by molar-refractivity contribution is 14.0. The van der Waals surface area contributed by atoms with Crippen LogP contribution in [0.25, 0.3) is 0 Å². The number of aliphatic imine (C=N–C) groups is 1. The predicted molar refractivity (Wildman–Crippen MR) is 142 cm³/mol. The van der Waals surface area contributed by atoms with Gasteiger partial charge in [0.2, 0.25) is 5.91 Å². The van der Waals surface area contributed by atoms with Gasteiger partial charge >= 0.3 is 0 Å². The molecule has 1 aliphatic rings. The fraction of sp³-hybridized carbons (Fsp3) is 0.458. The lowest BCUT2D eigenvalue weighted by Crippen LogP contribution is -2.49. The lowest BCUT2D eigenvalue weighted by Gasteiger charge is -2.34. The topological polar surface area (TPSA) is 72.9 Å². The quantitative estimate of drug-likeness (QED) is 0.315. The Kier molecular flexibility index (Phi) is 10.7. The van der Waals surface area contributed by atoms with Crippen LogP contribution in [0.5, 0.6) is 0 Å². The highest BCUT2D eigenvalue weighted by Gasteiger charge is 2.21. The van der Waals surface area contributed by atoms with Crippen molar-refractivity contribution in [2.24, 2.45) is 4.99 Å². The molecule has 3 rings (SSSR count). The largest absolute Gasteiger partial charge is 0.356 e. The van der Waals surface area contributed by atoms with Gasteiger partial charge in [0.05, 0.1) is 0 Å². The van der Waals surface area contributed by atoms with Gasteiger partial charge < -0.3 is 20.4 Å². The van der Waals surface area contributed by atoms with Gasteiger partial charge in [0.1, 0.15) is 12.4 Å². The van der Waals surface area contributed by atoms with E-state index in [9.17, 15) is 4.79 Å². The van der Waals surface area contributed by atoms with Gasteiger partial charge in [0, 0.05) is 45.5 Å². The molecule has 2 N–H and O–H groups in total. The van der Waals surface area contributed by atoms with Crippen LogP contribution in [0.4, 0.5) is 5.82 Å². The van der Waals surface area contributed by atoms with E-state index in [0.29, 0.717) is 12.0 Å². The average Bonchev–Trinajstić information content (AvgIpc) is 2.78. The average molecular weight is 550 g/mol. The van der Waals surface area contributed by atoms with Crippen molar-refractivity contribution >= 4 is 41.7 Å². The van der Waals surface area contributed by atoms with Crippen LogP contribution in [0, 0.1) is 6.92 Å². The number of guanidine groups is 1. The minimum atomic E-state index is -0.00972. The molecule has 2 aromatic rings. The summed E-state index contributed by atoms with van der Waals surface area (Å²) in [6, 6.07) is 16.8. The molecule has 0 atom stereocenters. The van der Waals surface area contributed by atoms with Crippen LogP contribution in [0.15, 0.2) is 53.5 Å². The number of amides is 1. The van der Waals surface area contributed by atoms with Crippen molar-refractivity contribution in [3.8, 4) is 0 Å². The van der Waals surface area contributed by atoms with Crippen molar-refractivity contribution in [1.29, 1.82) is 0 Å². The number of aromatic nitrogens is 1. The molecular formula is C24H35IN6O. The molecule has 0 unspecified atom stereocenters. The van der Waals surface area contributed by atoms with Gasteiger partial charge in [-0.15, -0.1) is 24.0 Å². The summed E-state index contributed by atoms with van der Waals surface area (Å²) in [7, 11) is 3.51. The van der Waals surface area contributed by atoms with Crippen molar-refractivity contribution in [1.82, 2.24) is 20.5 Å². The van der Waals surface area contributed by atoms with E-state index in [-0.39, 0.29) is 36.4 Å². The summed E-state index contributed by atoms with van der Waals surface area (Å²) in [5.41, 5.74) is 2.32. The Balaban J connectivity index is 0.00000363. The number of hydrogen-bond acceptors (Lipinski definition) is 4. The molecule has 1 saturated heterocycles. The zero-order chi connectivity index (χ0) is 22.1. The number of carbonyl (C=O) groups is 1. The summed E-state index contributed by atoms with van der Waals surface area (Å²) >= 11 is 0. The molecule has 2 heterocycles. The number of anilines is 1. The van der Waals surface area contributed by atoms with Crippen LogP contribution in [-0.4, -0.2) is 68.1 Å². The third kappa shape index (κ3) is 8.29. The number of rotatable bonds is 7. The van der Waals surface area contributed by atoms with E-state index < -0.39 is 0 Å². The first-order valence-corrected chi connectivity index (χ1v) is 11.0. The molecule has 1 aromatic carbocycles. The number of benzene rings is 1. The van der Waals surface area contributed by atoms with E-state index in [1.807, 2.05) is 19.1 Å². The van der Waals surface area contributed by atoms with E-state index in [1.165, 1.54) is 5.56 Å². The summed E-state index contributed by atoms with van der Waals surface area (Å²) in [6.07, 6.45) is 2.90. The Hall–Kier alpha value is -2.36. The third-order valence-electron chi connectivity index (χ3n) is 5.45. The molecule has 1 fully saturated rings. The van der Waals surface area contributed by atoms with Gasteiger partial charge in [-0.1, -0.05) is 36.4 Å². The van der Waals surface area contributed by atoms with E-state index >= 15 is 0 Å². The second kappa shape index (κ2) is 13.2. The monoisotopic (exact) mass is 550 g/mol. The molecule has 1 aliphatic heterocycles. The molecule has 174 valence electrons. The Morgan fingerprint density at radius 3 is 2.50 bits per heavy atom.